The predicted octanol–water partition coefficient (Wildman–Crippen LogP) is 6.68. The molecule has 0 radical (unpaired) electrons. The van der Waals surface area contributed by atoms with Crippen LogP contribution in [0, 0.1) is 0 Å². The molecular formula is C35H66N4O3. The van der Waals surface area contributed by atoms with Gasteiger partial charge in [0, 0.05) is 32.5 Å². The fraction of sp³-hybridized carbons (Fsp3) is 0.771. The first-order chi connectivity index (χ1) is 20.2. The Kier molecular flexibility index (Phi) is 29.1. The lowest BCUT2D eigenvalue weighted by atomic mass is 10.0. The summed E-state index contributed by atoms with van der Waals surface area (Å²) in [5.41, 5.74) is 6.43. The molecule has 0 heterocycles. The van der Waals surface area contributed by atoms with Crippen LogP contribution in [0.15, 0.2) is 30.3 Å². The van der Waals surface area contributed by atoms with Crippen LogP contribution in [-0.4, -0.2) is 57.2 Å². The minimum atomic E-state index is -0.611. The monoisotopic (exact) mass is 591 g/mol. The maximum atomic E-state index is 12.7. The highest BCUT2D eigenvalue weighted by molar-refractivity contribution is 5.87. The molecule has 0 aliphatic heterocycles. The van der Waals surface area contributed by atoms with Crippen LogP contribution in [0.5, 0.6) is 0 Å². The van der Waals surface area contributed by atoms with E-state index in [4.69, 9.17) is 10.5 Å². The number of carbonyl (C=O) groups excluding carboxylic acids is 2. The van der Waals surface area contributed by atoms with E-state index in [-0.39, 0.29) is 19.2 Å². The van der Waals surface area contributed by atoms with Gasteiger partial charge in [-0.2, -0.15) is 0 Å². The van der Waals surface area contributed by atoms with E-state index in [0.29, 0.717) is 45.7 Å². The Bertz CT molecular complexity index is 732. The molecule has 0 saturated carbocycles. The van der Waals surface area contributed by atoms with Gasteiger partial charge in [-0.3, -0.25) is 9.59 Å². The number of ether oxygens (including phenoxy) is 1. The zero-order chi connectivity index (χ0) is 29.6. The molecule has 0 aromatic heterocycles. The van der Waals surface area contributed by atoms with Gasteiger partial charge in [-0.05, 0) is 18.5 Å². The standard InChI is InChI=1S/C34H62N4O3.CH4/c1-2-3-4-5-6-7-8-9-10-11-12-13-14-15-16-20-25-36-26-23-33(39)38-32(30-31-21-18-17-19-22-31)34(40)37-27-29-41-28-24-35;/h17-19,21-22,32,36H,2-16,20,23-30,35H2,1H3,(H,37,40)(H,38,39);1H4. The Hall–Kier alpha value is -1.96. The summed E-state index contributed by atoms with van der Waals surface area (Å²) in [5.74, 6) is -0.306. The Labute approximate surface area is 258 Å². The maximum Gasteiger partial charge on any atom is 0.243 e. The number of nitrogens with two attached hydrogens (primary N) is 1. The summed E-state index contributed by atoms with van der Waals surface area (Å²) < 4.78 is 5.33. The van der Waals surface area contributed by atoms with Crippen LogP contribution < -0.4 is 21.7 Å². The van der Waals surface area contributed by atoms with Gasteiger partial charge >= 0.3 is 0 Å². The summed E-state index contributed by atoms with van der Waals surface area (Å²) in [5, 5.41) is 9.17. The molecule has 7 nitrogen and oxygen atoms in total. The first-order valence-electron chi connectivity index (χ1n) is 16.8. The molecule has 1 aromatic carbocycles. The molecule has 1 rings (SSSR count). The summed E-state index contributed by atoms with van der Waals surface area (Å²) in [4.78, 5) is 25.3. The lowest BCUT2D eigenvalue weighted by Gasteiger charge is -2.19. The first-order valence-corrected chi connectivity index (χ1v) is 16.8. The van der Waals surface area contributed by atoms with Crippen LogP contribution >= 0.6 is 0 Å². The summed E-state index contributed by atoms with van der Waals surface area (Å²) in [7, 11) is 0. The Morgan fingerprint density at radius 2 is 1.29 bits per heavy atom. The zero-order valence-corrected chi connectivity index (χ0v) is 26.2. The quantitative estimate of drug-likeness (QED) is 0.0779. The molecule has 1 unspecified atom stereocenters. The average Bonchev–Trinajstić information content (AvgIpc) is 2.98. The Morgan fingerprint density at radius 3 is 1.83 bits per heavy atom. The molecule has 0 spiro atoms. The van der Waals surface area contributed by atoms with Crippen molar-refractivity contribution < 1.29 is 14.3 Å². The van der Waals surface area contributed by atoms with Gasteiger partial charge in [0.1, 0.15) is 6.04 Å². The number of rotatable bonds is 29. The number of carbonyl (C=O) groups is 2. The normalized spacial score (nSPS) is 11.6. The SMILES string of the molecule is C.CCCCCCCCCCCCCCCCCCNCCC(=O)NC(Cc1ccccc1)C(=O)NCCOCCN. The number of benzene rings is 1. The Morgan fingerprint density at radius 1 is 0.738 bits per heavy atom. The maximum absolute atomic E-state index is 12.7. The fourth-order valence-corrected chi connectivity index (χ4v) is 5.01. The molecule has 1 aromatic rings. The minimum absolute atomic E-state index is 0. The minimum Gasteiger partial charge on any atom is -0.378 e. The third-order valence-electron chi connectivity index (χ3n) is 7.48. The van der Waals surface area contributed by atoms with Crippen molar-refractivity contribution in [1.29, 1.82) is 0 Å². The summed E-state index contributed by atoms with van der Waals surface area (Å²) in [6, 6.07) is 9.15. The van der Waals surface area contributed by atoms with E-state index >= 15 is 0 Å². The molecule has 0 bridgehead atoms. The van der Waals surface area contributed by atoms with E-state index in [1.54, 1.807) is 0 Å². The van der Waals surface area contributed by atoms with Crippen LogP contribution in [0.25, 0.3) is 0 Å². The van der Waals surface area contributed by atoms with E-state index in [9.17, 15) is 9.59 Å². The van der Waals surface area contributed by atoms with Gasteiger partial charge in [-0.1, -0.05) is 141 Å². The second-order valence-electron chi connectivity index (χ2n) is 11.3. The number of nitrogens with one attached hydrogen (secondary N) is 3. The summed E-state index contributed by atoms with van der Waals surface area (Å²) >= 11 is 0. The van der Waals surface area contributed by atoms with E-state index < -0.39 is 6.04 Å². The molecule has 0 aliphatic rings. The van der Waals surface area contributed by atoms with Crippen molar-refractivity contribution in [3.8, 4) is 0 Å². The van der Waals surface area contributed by atoms with Gasteiger partial charge in [-0.15, -0.1) is 0 Å². The van der Waals surface area contributed by atoms with Gasteiger partial charge in [0.05, 0.1) is 13.2 Å². The van der Waals surface area contributed by atoms with Crippen LogP contribution in [-0.2, 0) is 20.7 Å². The van der Waals surface area contributed by atoms with Crippen LogP contribution in [0.3, 0.4) is 0 Å². The van der Waals surface area contributed by atoms with Crippen molar-refractivity contribution in [2.75, 3.05) is 39.4 Å². The van der Waals surface area contributed by atoms with Gasteiger partial charge in [0.15, 0.2) is 0 Å². The molecule has 42 heavy (non-hydrogen) atoms. The fourth-order valence-electron chi connectivity index (χ4n) is 5.01. The number of amides is 2. The van der Waals surface area contributed by atoms with E-state index in [1.165, 1.54) is 96.3 Å². The first kappa shape index (κ1) is 40.0. The molecule has 0 aliphatic carbocycles. The molecular weight excluding hydrogens is 524 g/mol. The van der Waals surface area contributed by atoms with Crippen molar-refractivity contribution in [1.82, 2.24) is 16.0 Å². The third-order valence-corrected chi connectivity index (χ3v) is 7.48. The van der Waals surface area contributed by atoms with Gasteiger partial charge in [0.2, 0.25) is 11.8 Å². The number of hydrogen-bond acceptors (Lipinski definition) is 5. The second-order valence-corrected chi connectivity index (χ2v) is 11.3. The molecule has 244 valence electrons. The second kappa shape index (κ2) is 30.5. The van der Waals surface area contributed by atoms with Crippen molar-refractivity contribution >= 4 is 11.8 Å². The largest absolute Gasteiger partial charge is 0.378 e. The summed E-state index contributed by atoms with van der Waals surface area (Å²) in [6.07, 6.45) is 22.7. The van der Waals surface area contributed by atoms with Gasteiger partial charge < -0.3 is 26.4 Å². The van der Waals surface area contributed by atoms with E-state index in [2.05, 4.69) is 22.9 Å². The van der Waals surface area contributed by atoms with Crippen molar-refractivity contribution in [3.63, 3.8) is 0 Å². The third kappa shape index (κ3) is 24.6. The highest BCUT2D eigenvalue weighted by Crippen LogP contribution is 2.13. The van der Waals surface area contributed by atoms with E-state index in [0.717, 1.165) is 18.5 Å². The average molecular weight is 591 g/mol. The molecule has 0 fully saturated rings. The number of hydrogen-bond donors (Lipinski definition) is 4. The highest BCUT2D eigenvalue weighted by atomic mass is 16.5. The zero-order valence-electron chi connectivity index (χ0n) is 26.2. The van der Waals surface area contributed by atoms with Crippen molar-refractivity contribution in [2.45, 2.75) is 136 Å². The molecule has 0 saturated heterocycles. The molecule has 7 heteroatoms. The Balaban J connectivity index is 0.0000168. The topological polar surface area (TPSA) is 105 Å². The lowest BCUT2D eigenvalue weighted by Crippen LogP contribution is -2.49. The lowest BCUT2D eigenvalue weighted by molar-refractivity contribution is -0.129. The molecule has 2 amide bonds. The van der Waals surface area contributed by atoms with E-state index in [1.807, 2.05) is 30.3 Å². The van der Waals surface area contributed by atoms with Crippen molar-refractivity contribution in [2.24, 2.45) is 5.73 Å². The van der Waals surface area contributed by atoms with Crippen LogP contribution in [0.4, 0.5) is 0 Å². The van der Waals surface area contributed by atoms with Crippen LogP contribution in [0.1, 0.15) is 129 Å². The summed E-state index contributed by atoms with van der Waals surface area (Å²) in [6.45, 7) is 5.54. The predicted molar refractivity (Wildman–Crippen MR) is 179 cm³/mol. The molecule has 1 atom stereocenters. The van der Waals surface area contributed by atoms with Crippen molar-refractivity contribution in [3.05, 3.63) is 35.9 Å². The van der Waals surface area contributed by atoms with Gasteiger partial charge in [-0.25, -0.2) is 0 Å². The van der Waals surface area contributed by atoms with Crippen LogP contribution in [0.2, 0.25) is 0 Å². The smallest absolute Gasteiger partial charge is 0.243 e. The van der Waals surface area contributed by atoms with Gasteiger partial charge in [0.25, 0.3) is 0 Å². The number of unbranched alkanes of at least 4 members (excludes halogenated alkanes) is 15. The molecule has 5 N–H and O–H groups in total. The highest BCUT2D eigenvalue weighted by Gasteiger charge is 2.20.